The number of nitrogens with one attached hydrogen (secondary N) is 2. The minimum absolute atomic E-state index is 0.151. The van der Waals surface area contributed by atoms with Crippen molar-refractivity contribution in [1.82, 2.24) is 19.9 Å². The molecule has 2 heterocycles. The van der Waals surface area contributed by atoms with Crippen LogP contribution in [0.15, 0.2) is 55.3 Å². The summed E-state index contributed by atoms with van der Waals surface area (Å²) < 4.78 is 1.62. The molecule has 2 aromatic heterocycles. The van der Waals surface area contributed by atoms with Gasteiger partial charge in [0.15, 0.2) is 5.16 Å². The van der Waals surface area contributed by atoms with E-state index in [9.17, 15) is 4.79 Å². The van der Waals surface area contributed by atoms with Crippen molar-refractivity contribution in [2.45, 2.75) is 10.9 Å². The van der Waals surface area contributed by atoms with Gasteiger partial charge < -0.3 is 9.97 Å². The van der Waals surface area contributed by atoms with E-state index in [4.69, 9.17) is 0 Å². The summed E-state index contributed by atoms with van der Waals surface area (Å²) in [6, 6.07) is 11.5. The molecule has 0 saturated heterocycles. The smallest absolute Gasteiger partial charge is 0.258 e. The number of hydrogen-bond donors (Lipinski definition) is 2. The molecule has 0 aliphatic carbocycles. The Hall–Kier alpha value is -1.64. The van der Waals surface area contributed by atoms with Gasteiger partial charge >= 0.3 is 0 Å². The van der Waals surface area contributed by atoms with Crippen molar-refractivity contribution < 1.29 is 0 Å². The Kier molecular flexibility index (Phi) is 4.19. The fraction of sp³-hybridized carbons (Fsp3) is 0.0625. The van der Waals surface area contributed by atoms with Crippen molar-refractivity contribution >= 4 is 65.6 Å². The first-order chi connectivity index (χ1) is 11.6. The summed E-state index contributed by atoms with van der Waals surface area (Å²) in [7, 11) is 0. The normalized spacial score (nSPS) is 11.4. The first-order valence-corrected chi connectivity index (χ1v) is 9.63. The second-order valence-electron chi connectivity index (χ2n) is 5.14. The molecule has 0 fully saturated rings. The predicted molar refractivity (Wildman–Crippen MR) is 103 cm³/mol. The van der Waals surface area contributed by atoms with E-state index in [2.05, 4.69) is 51.8 Å². The molecule has 2 aromatic carbocycles. The second-order valence-corrected chi connectivity index (χ2v) is 7.88. The van der Waals surface area contributed by atoms with Crippen LogP contribution < -0.4 is 5.56 Å². The summed E-state index contributed by atoms with van der Waals surface area (Å²) in [6.45, 7) is 0. The van der Waals surface area contributed by atoms with Crippen molar-refractivity contribution in [3.8, 4) is 0 Å². The largest absolute Gasteiger partial charge is 0.333 e. The van der Waals surface area contributed by atoms with Crippen molar-refractivity contribution in [3.63, 3.8) is 0 Å². The van der Waals surface area contributed by atoms with E-state index in [0.29, 0.717) is 22.5 Å². The molecule has 0 aliphatic heterocycles. The molecule has 0 atom stereocenters. The Morgan fingerprint density at radius 2 is 1.92 bits per heavy atom. The molecule has 0 aliphatic rings. The highest BCUT2D eigenvalue weighted by Crippen LogP contribution is 2.26. The van der Waals surface area contributed by atoms with Crippen LogP contribution in [-0.2, 0) is 5.75 Å². The first-order valence-electron chi connectivity index (χ1n) is 7.05. The minimum Gasteiger partial charge on any atom is -0.333 e. The molecule has 0 saturated carbocycles. The van der Waals surface area contributed by atoms with Crippen LogP contribution in [0, 0.1) is 0 Å². The lowest BCUT2D eigenvalue weighted by atomic mass is 10.2. The zero-order valence-corrected chi connectivity index (χ0v) is 16.1. The summed E-state index contributed by atoms with van der Waals surface area (Å²) in [5.74, 6) is 1.13. The van der Waals surface area contributed by atoms with Crippen molar-refractivity contribution in [3.05, 3.63) is 61.5 Å². The van der Waals surface area contributed by atoms with Crippen LogP contribution in [0.5, 0.6) is 0 Å². The van der Waals surface area contributed by atoms with Gasteiger partial charge in [-0.05, 0) is 40.2 Å². The van der Waals surface area contributed by atoms with Crippen LogP contribution in [-0.4, -0.2) is 19.9 Å². The van der Waals surface area contributed by atoms with Crippen LogP contribution in [0.3, 0.4) is 0 Å². The van der Waals surface area contributed by atoms with Gasteiger partial charge in [-0.3, -0.25) is 4.79 Å². The SMILES string of the molecule is O=c1[nH]c(CSc2nc3ccccc3[nH]2)nc2c(Br)cc(Br)cc12. The van der Waals surface area contributed by atoms with E-state index in [-0.39, 0.29) is 5.56 Å². The molecule has 4 rings (SSSR count). The topological polar surface area (TPSA) is 74.4 Å². The highest BCUT2D eigenvalue weighted by molar-refractivity contribution is 9.11. The van der Waals surface area contributed by atoms with Gasteiger partial charge in [0.1, 0.15) is 5.82 Å². The molecule has 0 unspecified atom stereocenters. The van der Waals surface area contributed by atoms with E-state index >= 15 is 0 Å². The van der Waals surface area contributed by atoms with Crippen LogP contribution in [0.25, 0.3) is 21.9 Å². The zero-order chi connectivity index (χ0) is 16.7. The standard InChI is InChI=1S/C16H10Br2N4OS/c17-8-5-9-14(10(18)6-8)21-13(22-15(9)23)7-24-16-19-11-3-1-2-4-12(11)20-16/h1-6H,7H2,(H,19,20)(H,21,22,23). The predicted octanol–water partition coefficient (Wildman–Crippen LogP) is 4.62. The summed E-state index contributed by atoms with van der Waals surface area (Å²) in [5.41, 5.74) is 2.42. The van der Waals surface area contributed by atoms with Crippen molar-refractivity contribution in [2.24, 2.45) is 0 Å². The Morgan fingerprint density at radius 3 is 2.75 bits per heavy atom. The molecule has 0 amide bonds. The van der Waals surface area contributed by atoms with Crippen LogP contribution in [0.2, 0.25) is 0 Å². The number of H-pyrrole nitrogens is 2. The third kappa shape index (κ3) is 3.01. The van der Waals surface area contributed by atoms with Gasteiger partial charge in [-0.1, -0.05) is 39.8 Å². The minimum atomic E-state index is -0.151. The molecule has 5 nitrogen and oxygen atoms in total. The van der Waals surface area contributed by atoms with E-state index in [1.54, 1.807) is 6.07 Å². The van der Waals surface area contributed by atoms with Gasteiger partial charge in [-0.2, -0.15) is 0 Å². The summed E-state index contributed by atoms with van der Waals surface area (Å²) in [5, 5.41) is 1.35. The summed E-state index contributed by atoms with van der Waals surface area (Å²) in [4.78, 5) is 27.5. The Balaban J connectivity index is 1.66. The molecular formula is C16H10Br2N4OS. The number of aromatic nitrogens is 4. The average molecular weight is 466 g/mol. The summed E-state index contributed by atoms with van der Waals surface area (Å²) >= 11 is 8.35. The molecule has 4 aromatic rings. The monoisotopic (exact) mass is 464 g/mol. The van der Waals surface area contributed by atoms with Crippen molar-refractivity contribution in [1.29, 1.82) is 0 Å². The lowest BCUT2D eigenvalue weighted by Gasteiger charge is -2.04. The number of imidazole rings is 1. The second kappa shape index (κ2) is 6.34. The third-order valence-electron chi connectivity index (χ3n) is 3.49. The number of benzene rings is 2. The number of para-hydroxylation sites is 2. The van der Waals surface area contributed by atoms with Crippen molar-refractivity contribution in [2.75, 3.05) is 0 Å². The third-order valence-corrected chi connectivity index (χ3v) is 5.44. The lowest BCUT2D eigenvalue weighted by molar-refractivity contribution is 1.02. The zero-order valence-electron chi connectivity index (χ0n) is 12.1. The highest BCUT2D eigenvalue weighted by atomic mass is 79.9. The van der Waals surface area contributed by atoms with Gasteiger partial charge in [0.25, 0.3) is 5.56 Å². The summed E-state index contributed by atoms with van der Waals surface area (Å²) in [6.07, 6.45) is 0. The fourth-order valence-corrected chi connectivity index (χ4v) is 4.49. The Morgan fingerprint density at radius 1 is 1.08 bits per heavy atom. The molecule has 0 bridgehead atoms. The van der Waals surface area contributed by atoms with E-state index in [0.717, 1.165) is 25.1 Å². The van der Waals surface area contributed by atoms with Crippen LogP contribution in [0.4, 0.5) is 0 Å². The van der Waals surface area contributed by atoms with E-state index < -0.39 is 0 Å². The van der Waals surface area contributed by atoms with Gasteiger partial charge in [0.2, 0.25) is 0 Å². The number of nitrogens with zero attached hydrogens (tertiary/aromatic N) is 2. The van der Waals surface area contributed by atoms with Gasteiger partial charge in [-0.25, -0.2) is 9.97 Å². The van der Waals surface area contributed by atoms with Crippen LogP contribution >= 0.6 is 43.6 Å². The number of thioether (sulfide) groups is 1. The average Bonchev–Trinajstić information content (AvgIpc) is 2.97. The maximum atomic E-state index is 12.3. The number of halogens is 2. The molecule has 120 valence electrons. The lowest BCUT2D eigenvalue weighted by Crippen LogP contribution is -2.11. The number of aromatic amines is 2. The quantitative estimate of drug-likeness (QED) is 0.433. The fourth-order valence-electron chi connectivity index (χ4n) is 2.42. The van der Waals surface area contributed by atoms with Crippen LogP contribution in [0.1, 0.15) is 5.82 Å². The molecular weight excluding hydrogens is 456 g/mol. The Bertz CT molecular complexity index is 1090. The first kappa shape index (κ1) is 15.9. The maximum absolute atomic E-state index is 12.3. The number of fused-ring (bicyclic) bond motifs is 2. The molecule has 8 heteroatoms. The molecule has 24 heavy (non-hydrogen) atoms. The highest BCUT2D eigenvalue weighted by Gasteiger charge is 2.10. The van der Waals surface area contributed by atoms with Gasteiger partial charge in [-0.15, -0.1) is 0 Å². The Labute approximate surface area is 157 Å². The van der Waals surface area contributed by atoms with E-state index in [1.165, 1.54) is 11.8 Å². The molecule has 2 N–H and O–H groups in total. The molecule has 0 radical (unpaired) electrons. The van der Waals surface area contributed by atoms with Gasteiger partial charge in [0.05, 0.1) is 27.7 Å². The maximum Gasteiger partial charge on any atom is 0.258 e. The number of rotatable bonds is 3. The van der Waals surface area contributed by atoms with E-state index in [1.807, 2.05) is 30.3 Å². The number of hydrogen-bond acceptors (Lipinski definition) is 4. The molecule has 0 spiro atoms. The van der Waals surface area contributed by atoms with Gasteiger partial charge in [0, 0.05) is 8.95 Å².